The average Bonchev–Trinajstić information content (AvgIpc) is 2.18. The Morgan fingerprint density at radius 1 is 1.36 bits per heavy atom. The molecule has 5 nitrogen and oxygen atoms in total. The minimum Gasteiger partial charge on any atom is -0.421 e. The Hall–Kier alpha value is -2.01. The number of nitrogens with one attached hydrogen (secondary N) is 1. The second-order valence-corrected chi connectivity index (χ2v) is 2.79. The van der Waals surface area contributed by atoms with Crippen LogP contribution in [0.4, 0.5) is 11.4 Å². The lowest BCUT2D eigenvalue weighted by molar-refractivity contribution is 0.384. The highest BCUT2D eigenvalue weighted by Gasteiger charge is 2.09. The molecule has 0 bridgehead atoms. The van der Waals surface area contributed by atoms with E-state index >= 15 is 0 Å². The van der Waals surface area contributed by atoms with E-state index < -0.39 is 5.63 Å². The van der Waals surface area contributed by atoms with Crippen LogP contribution in [-0.4, -0.2) is 5.21 Å². The minimum atomic E-state index is -0.691. The molecule has 0 amide bonds. The summed E-state index contributed by atoms with van der Waals surface area (Å²) in [6.07, 6.45) is 0. The molecule has 0 fully saturated rings. The molecule has 0 atom stereocenters. The number of rotatable bonds is 1. The van der Waals surface area contributed by atoms with E-state index in [-0.39, 0.29) is 11.4 Å². The quantitative estimate of drug-likeness (QED) is 0.466. The van der Waals surface area contributed by atoms with Crippen molar-refractivity contribution >= 4 is 22.3 Å². The van der Waals surface area contributed by atoms with Gasteiger partial charge in [-0.25, -0.2) is 4.79 Å². The molecule has 0 aliphatic carbocycles. The maximum absolute atomic E-state index is 11.2. The number of nitrogens with two attached hydrogens (primary N) is 1. The molecular weight excluding hydrogens is 184 g/mol. The first kappa shape index (κ1) is 8.58. The molecule has 1 aromatic heterocycles. The van der Waals surface area contributed by atoms with Gasteiger partial charge < -0.3 is 10.2 Å². The van der Waals surface area contributed by atoms with Crippen molar-refractivity contribution in [3.8, 4) is 0 Å². The van der Waals surface area contributed by atoms with Crippen molar-refractivity contribution in [3.63, 3.8) is 0 Å². The zero-order valence-electron chi connectivity index (χ0n) is 7.15. The van der Waals surface area contributed by atoms with Crippen molar-refractivity contribution in [1.82, 2.24) is 0 Å². The summed E-state index contributed by atoms with van der Waals surface area (Å²) in [6, 6.07) is 6.83. The van der Waals surface area contributed by atoms with E-state index in [1.54, 1.807) is 29.7 Å². The Labute approximate surface area is 78.7 Å². The second kappa shape index (κ2) is 3.04. The summed E-state index contributed by atoms with van der Waals surface area (Å²) in [5.74, 6) is 0. The van der Waals surface area contributed by atoms with Gasteiger partial charge in [0.1, 0.15) is 5.58 Å². The SMILES string of the molecule is Nc1c(NO)c(=O)oc2ccccc12. The van der Waals surface area contributed by atoms with Gasteiger partial charge in [0.25, 0.3) is 0 Å². The molecule has 0 aliphatic rings. The van der Waals surface area contributed by atoms with E-state index in [0.29, 0.717) is 11.0 Å². The molecule has 0 aliphatic heterocycles. The molecule has 0 spiro atoms. The van der Waals surface area contributed by atoms with Crippen molar-refractivity contribution in [2.24, 2.45) is 0 Å². The zero-order valence-corrected chi connectivity index (χ0v) is 7.15. The lowest BCUT2D eigenvalue weighted by atomic mass is 10.2. The Morgan fingerprint density at radius 2 is 2.07 bits per heavy atom. The van der Waals surface area contributed by atoms with Crippen LogP contribution in [-0.2, 0) is 0 Å². The number of hydrogen-bond donors (Lipinski definition) is 3. The summed E-state index contributed by atoms with van der Waals surface area (Å²) >= 11 is 0. The fourth-order valence-electron chi connectivity index (χ4n) is 1.28. The van der Waals surface area contributed by atoms with Crippen LogP contribution in [0.5, 0.6) is 0 Å². The fraction of sp³-hybridized carbons (Fsp3) is 0. The minimum absolute atomic E-state index is 0.135. The number of anilines is 2. The molecule has 14 heavy (non-hydrogen) atoms. The van der Waals surface area contributed by atoms with Crippen LogP contribution in [0.3, 0.4) is 0 Å². The van der Waals surface area contributed by atoms with Crippen molar-refractivity contribution in [1.29, 1.82) is 0 Å². The molecular formula is C9H8N2O3. The highest BCUT2D eigenvalue weighted by Crippen LogP contribution is 2.24. The Bertz CT molecular complexity index is 533. The van der Waals surface area contributed by atoms with Crippen LogP contribution < -0.4 is 16.8 Å². The number of hydrogen-bond acceptors (Lipinski definition) is 5. The number of benzene rings is 1. The van der Waals surface area contributed by atoms with Crippen molar-refractivity contribution in [2.75, 3.05) is 11.2 Å². The summed E-state index contributed by atoms with van der Waals surface area (Å²) < 4.78 is 4.91. The van der Waals surface area contributed by atoms with Gasteiger partial charge in [-0.15, -0.1) is 0 Å². The fourth-order valence-corrected chi connectivity index (χ4v) is 1.28. The van der Waals surface area contributed by atoms with Crippen molar-refractivity contribution in [3.05, 3.63) is 34.7 Å². The van der Waals surface area contributed by atoms with Crippen molar-refractivity contribution in [2.45, 2.75) is 0 Å². The standard InChI is InChI=1S/C9H8N2O3/c10-7-5-3-1-2-4-6(5)14-9(12)8(7)11-13/h1-4,11,13H,10H2. The molecule has 1 aromatic carbocycles. The summed E-state index contributed by atoms with van der Waals surface area (Å²) in [7, 11) is 0. The normalized spacial score (nSPS) is 10.4. The topological polar surface area (TPSA) is 88.5 Å². The molecule has 2 rings (SSSR count). The Morgan fingerprint density at radius 3 is 2.79 bits per heavy atom. The van der Waals surface area contributed by atoms with Gasteiger partial charge in [-0.05, 0) is 12.1 Å². The van der Waals surface area contributed by atoms with Crippen LogP contribution in [0.1, 0.15) is 0 Å². The maximum Gasteiger partial charge on any atom is 0.364 e. The van der Waals surface area contributed by atoms with Crippen LogP contribution in [0.25, 0.3) is 11.0 Å². The number of nitrogen functional groups attached to an aromatic ring is 1. The molecule has 0 unspecified atom stereocenters. The molecule has 0 radical (unpaired) electrons. The lowest BCUT2D eigenvalue weighted by Crippen LogP contribution is -2.10. The third kappa shape index (κ3) is 1.11. The van der Waals surface area contributed by atoms with Gasteiger partial charge >= 0.3 is 5.63 Å². The third-order valence-corrected chi connectivity index (χ3v) is 1.97. The zero-order chi connectivity index (χ0) is 10.1. The van der Waals surface area contributed by atoms with Gasteiger partial charge in [0.15, 0.2) is 5.69 Å². The van der Waals surface area contributed by atoms with Gasteiger partial charge in [-0.1, -0.05) is 12.1 Å². The lowest BCUT2D eigenvalue weighted by Gasteiger charge is -2.04. The first-order valence-corrected chi connectivity index (χ1v) is 3.95. The Balaban J connectivity index is 2.93. The van der Waals surface area contributed by atoms with Gasteiger partial charge in [0.05, 0.1) is 5.69 Å². The van der Waals surface area contributed by atoms with E-state index in [9.17, 15) is 4.79 Å². The number of para-hydroxylation sites is 1. The molecule has 4 N–H and O–H groups in total. The summed E-state index contributed by atoms with van der Waals surface area (Å²) in [5.41, 5.74) is 7.12. The predicted octanol–water partition coefficient (Wildman–Crippen LogP) is 1.18. The van der Waals surface area contributed by atoms with Gasteiger partial charge in [-0.3, -0.25) is 10.7 Å². The number of fused-ring (bicyclic) bond motifs is 1. The predicted molar refractivity (Wildman–Crippen MR) is 52.3 cm³/mol. The van der Waals surface area contributed by atoms with E-state index in [1.807, 2.05) is 0 Å². The summed E-state index contributed by atoms with van der Waals surface area (Å²) in [6.45, 7) is 0. The van der Waals surface area contributed by atoms with E-state index in [0.717, 1.165) is 0 Å². The smallest absolute Gasteiger partial charge is 0.364 e. The van der Waals surface area contributed by atoms with Gasteiger partial charge in [0, 0.05) is 5.39 Å². The van der Waals surface area contributed by atoms with E-state index in [4.69, 9.17) is 15.4 Å². The van der Waals surface area contributed by atoms with Crippen LogP contribution in [0, 0.1) is 0 Å². The molecule has 72 valence electrons. The van der Waals surface area contributed by atoms with Crippen LogP contribution in [0.2, 0.25) is 0 Å². The Kier molecular flexibility index (Phi) is 1.86. The monoisotopic (exact) mass is 192 g/mol. The molecule has 0 saturated heterocycles. The first-order valence-electron chi connectivity index (χ1n) is 3.95. The van der Waals surface area contributed by atoms with Gasteiger partial charge in [-0.2, -0.15) is 0 Å². The van der Waals surface area contributed by atoms with Crippen LogP contribution in [0.15, 0.2) is 33.5 Å². The molecule has 5 heteroatoms. The third-order valence-electron chi connectivity index (χ3n) is 1.97. The summed E-state index contributed by atoms with van der Waals surface area (Å²) in [5, 5.41) is 9.26. The summed E-state index contributed by atoms with van der Waals surface area (Å²) in [4.78, 5) is 11.2. The highest BCUT2D eigenvalue weighted by molar-refractivity contribution is 5.94. The highest BCUT2D eigenvalue weighted by atomic mass is 16.5. The molecule has 2 aromatic rings. The molecule has 0 saturated carbocycles. The van der Waals surface area contributed by atoms with E-state index in [1.165, 1.54) is 0 Å². The van der Waals surface area contributed by atoms with Crippen molar-refractivity contribution < 1.29 is 9.62 Å². The van der Waals surface area contributed by atoms with Gasteiger partial charge in [0.2, 0.25) is 0 Å². The second-order valence-electron chi connectivity index (χ2n) is 2.79. The maximum atomic E-state index is 11.2. The molecule has 1 heterocycles. The average molecular weight is 192 g/mol. The van der Waals surface area contributed by atoms with E-state index in [2.05, 4.69) is 0 Å². The largest absolute Gasteiger partial charge is 0.421 e. The van der Waals surface area contributed by atoms with Crippen LogP contribution >= 0.6 is 0 Å². The first-order chi connectivity index (χ1) is 6.74.